The number of ether oxygens (including phenoxy) is 3. The van der Waals surface area contributed by atoms with E-state index in [4.69, 9.17) is 34.5 Å². The van der Waals surface area contributed by atoms with E-state index >= 15 is 0 Å². The molecule has 9 atom stereocenters. The highest BCUT2D eigenvalue weighted by Crippen LogP contribution is 2.35. The minimum absolute atomic E-state index is 0. The normalized spacial score (nSPS) is 45.8. The number of hydrogen-bond acceptors (Lipinski definition) is 13. The maximum absolute atomic E-state index is 10.00. The van der Waals surface area contributed by atoms with Crippen LogP contribution in [0.15, 0.2) is 0 Å². The van der Waals surface area contributed by atoms with E-state index in [2.05, 4.69) is 0 Å². The van der Waals surface area contributed by atoms with Gasteiger partial charge in [0.2, 0.25) is 5.79 Å². The van der Waals surface area contributed by atoms with Gasteiger partial charge >= 0.3 is 7.69 Å². The fraction of sp³-hybridized carbons (Fsp3) is 1.00. The van der Waals surface area contributed by atoms with E-state index in [1.165, 1.54) is 0 Å². The summed E-state index contributed by atoms with van der Waals surface area (Å²) in [6.07, 6.45) is -12.7. The third kappa shape index (κ3) is 4.68. The Bertz CT molecular complexity index is 415. The van der Waals surface area contributed by atoms with Gasteiger partial charge in [-0.2, -0.15) is 0 Å². The summed E-state index contributed by atoms with van der Waals surface area (Å²) in [5.41, 5.74) is 0. The Morgan fingerprint density at radius 3 is 1.77 bits per heavy atom. The largest absolute Gasteiger partial charge is 0.482 e. The molecule has 0 unspecified atom stereocenters. The summed E-state index contributed by atoms with van der Waals surface area (Å²) < 4.78 is 15.4. The molecule has 0 aromatic rings. The Hall–Kier alpha value is -0.455. The lowest BCUT2D eigenvalue weighted by molar-refractivity contribution is -0.383. The summed E-state index contributed by atoms with van der Waals surface area (Å²) in [4.78, 5) is 0. The van der Waals surface area contributed by atoms with Crippen molar-refractivity contribution in [2.45, 2.75) is 54.8 Å². The fourth-order valence-corrected chi connectivity index (χ4v) is 2.63. The van der Waals surface area contributed by atoms with Crippen molar-refractivity contribution in [1.29, 1.82) is 0 Å². The van der Waals surface area contributed by atoms with Crippen molar-refractivity contribution in [3.05, 3.63) is 0 Å². The van der Waals surface area contributed by atoms with Crippen molar-refractivity contribution in [3.63, 3.8) is 0 Å². The second-order valence-electron chi connectivity index (χ2n) is 5.67. The Kier molecular flexibility index (Phi) is 9.24. The predicted molar refractivity (Wildman–Crippen MR) is 78.8 cm³/mol. The molecule has 0 saturated carbocycles. The van der Waals surface area contributed by atoms with Gasteiger partial charge in [-0.15, -0.1) is 0 Å². The number of aliphatic hydroxyl groups excluding tert-OH is 8. The molecule has 26 heavy (non-hydrogen) atoms. The Morgan fingerprint density at radius 1 is 0.808 bits per heavy atom. The van der Waals surface area contributed by atoms with Crippen molar-refractivity contribution < 1.29 is 65.1 Å². The molecular formula is C12H24BO13. The highest BCUT2D eigenvalue weighted by Gasteiger charge is 2.58. The molecule has 0 aromatic heterocycles. The molecule has 10 N–H and O–H groups in total. The minimum atomic E-state index is -2.22. The molecule has 13 nitrogen and oxygen atoms in total. The van der Waals surface area contributed by atoms with Crippen LogP contribution in [0, 0.1) is 0 Å². The van der Waals surface area contributed by atoms with Crippen LogP contribution in [-0.2, 0) is 14.2 Å². The van der Waals surface area contributed by atoms with Crippen LogP contribution in [0.1, 0.15) is 0 Å². The first kappa shape index (κ1) is 23.6. The average molecular weight is 387 g/mol. The Morgan fingerprint density at radius 2 is 1.35 bits per heavy atom. The molecule has 14 heteroatoms. The summed E-state index contributed by atoms with van der Waals surface area (Å²) in [7, 11) is 0. The average Bonchev–Trinajstić information content (AvgIpc) is 2.88. The molecule has 2 aliphatic rings. The van der Waals surface area contributed by atoms with Crippen LogP contribution >= 0.6 is 0 Å². The van der Waals surface area contributed by atoms with Gasteiger partial charge in [-0.05, 0) is 0 Å². The first-order chi connectivity index (χ1) is 12.2. The summed E-state index contributed by atoms with van der Waals surface area (Å²) >= 11 is 0. The zero-order valence-corrected chi connectivity index (χ0v) is 13.5. The van der Waals surface area contributed by atoms with Crippen LogP contribution in [0.4, 0.5) is 0 Å². The highest BCUT2D eigenvalue weighted by atomic mass is 16.8. The molecule has 0 aliphatic carbocycles. The summed E-state index contributed by atoms with van der Waals surface area (Å²) in [6, 6.07) is 0. The SMILES string of the molecule is OC[C@H]1O[C@@](CO)(O[C@H]2O[C@H](CO)[C@@H](O)[C@H](O)[C@H]2O)[C@@H](O)[C@@H]1O.O[B]O. The van der Waals surface area contributed by atoms with Crippen molar-refractivity contribution in [2.75, 3.05) is 19.8 Å². The van der Waals surface area contributed by atoms with E-state index < -0.39 is 74.6 Å². The molecule has 0 spiro atoms. The monoisotopic (exact) mass is 387 g/mol. The van der Waals surface area contributed by atoms with E-state index in [0.717, 1.165) is 0 Å². The van der Waals surface area contributed by atoms with Gasteiger partial charge in [-0.25, -0.2) is 0 Å². The molecule has 2 saturated heterocycles. The topological polar surface area (TPSA) is 230 Å². The Labute approximate surface area is 148 Å². The second kappa shape index (κ2) is 10.2. The maximum Gasteiger partial charge on any atom is 0.482 e. The van der Waals surface area contributed by atoms with E-state index in [9.17, 15) is 30.6 Å². The van der Waals surface area contributed by atoms with Crippen LogP contribution < -0.4 is 0 Å². The molecular weight excluding hydrogens is 363 g/mol. The van der Waals surface area contributed by atoms with Crippen molar-refractivity contribution in [3.8, 4) is 0 Å². The van der Waals surface area contributed by atoms with Gasteiger partial charge in [-0.1, -0.05) is 0 Å². The third-order valence-corrected chi connectivity index (χ3v) is 4.07. The summed E-state index contributed by atoms with van der Waals surface area (Å²) in [5.74, 6) is -2.22. The minimum Gasteiger partial charge on any atom is -0.429 e. The molecule has 2 fully saturated rings. The quantitative estimate of drug-likeness (QED) is 0.198. The lowest BCUT2D eigenvalue weighted by Gasteiger charge is -2.43. The summed E-state index contributed by atoms with van der Waals surface area (Å²) in [5, 5.41) is 90.7. The molecule has 1 radical (unpaired) electrons. The van der Waals surface area contributed by atoms with Gasteiger partial charge in [0.25, 0.3) is 0 Å². The smallest absolute Gasteiger partial charge is 0.429 e. The van der Waals surface area contributed by atoms with Crippen LogP contribution in [0.25, 0.3) is 0 Å². The molecule has 2 aliphatic heterocycles. The fourth-order valence-electron chi connectivity index (χ4n) is 2.63. The van der Waals surface area contributed by atoms with E-state index in [1.54, 1.807) is 0 Å². The van der Waals surface area contributed by atoms with Gasteiger partial charge in [0, 0.05) is 0 Å². The van der Waals surface area contributed by atoms with E-state index in [0.29, 0.717) is 0 Å². The van der Waals surface area contributed by atoms with Crippen LogP contribution in [0.3, 0.4) is 0 Å². The number of hydrogen-bond donors (Lipinski definition) is 10. The zero-order valence-electron chi connectivity index (χ0n) is 13.5. The lowest BCUT2D eigenvalue weighted by Crippen LogP contribution is -2.62. The molecule has 0 amide bonds. The number of aliphatic hydroxyl groups is 8. The van der Waals surface area contributed by atoms with Gasteiger partial charge in [0.1, 0.15) is 49.3 Å². The van der Waals surface area contributed by atoms with Crippen LogP contribution in [0.5, 0.6) is 0 Å². The molecule has 0 bridgehead atoms. The lowest BCUT2D eigenvalue weighted by atomic mass is 9.99. The zero-order chi connectivity index (χ0) is 20.1. The van der Waals surface area contributed by atoms with Gasteiger partial charge < -0.3 is 65.1 Å². The first-order valence-corrected chi connectivity index (χ1v) is 7.57. The summed E-state index contributed by atoms with van der Waals surface area (Å²) in [6.45, 7) is -2.32. The molecule has 2 rings (SSSR count). The molecule has 2 heterocycles. The second-order valence-corrected chi connectivity index (χ2v) is 5.67. The maximum atomic E-state index is 10.00. The third-order valence-electron chi connectivity index (χ3n) is 4.07. The molecule has 0 aromatic carbocycles. The van der Waals surface area contributed by atoms with Crippen LogP contribution in [0.2, 0.25) is 0 Å². The van der Waals surface area contributed by atoms with E-state index in [-0.39, 0.29) is 7.69 Å². The van der Waals surface area contributed by atoms with Gasteiger partial charge in [0.15, 0.2) is 6.29 Å². The van der Waals surface area contributed by atoms with Crippen LogP contribution in [-0.4, -0.2) is 133 Å². The van der Waals surface area contributed by atoms with Crippen molar-refractivity contribution in [1.82, 2.24) is 0 Å². The van der Waals surface area contributed by atoms with Crippen molar-refractivity contribution in [2.24, 2.45) is 0 Å². The Balaban J connectivity index is 0.00000105. The van der Waals surface area contributed by atoms with Crippen molar-refractivity contribution >= 4 is 7.69 Å². The highest BCUT2D eigenvalue weighted by molar-refractivity contribution is 6.13. The predicted octanol–water partition coefficient (Wildman–Crippen LogP) is -6.89. The standard InChI is InChI=1S/C12H22O11.BH2O2/c13-1-4-6(16)8(18)9(19)11(21-4)23-12(3-15)10(20)7(17)5(2-14)22-12;2-1-3/h4-11,13-20H,1-3H2;2-3H/t4-,5-,6-,7-,8+,9-,10+,11-,12+;/m1./s1. The van der Waals surface area contributed by atoms with Gasteiger partial charge in [-0.3, -0.25) is 0 Å². The molecule has 153 valence electrons. The number of rotatable bonds is 5. The van der Waals surface area contributed by atoms with E-state index in [1.807, 2.05) is 0 Å². The first-order valence-electron chi connectivity index (χ1n) is 7.57. The van der Waals surface area contributed by atoms with Gasteiger partial charge in [0.05, 0.1) is 13.2 Å².